The van der Waals surface area contributed by atoms with Crippen molar-refractivity contribution in [3.63, 3.8) is 0 Å². The summed E-state index contributed by atoms with van der Waals surface area (Å²) < 4.78 is 5.78. The first kappa shape index (κ1) is 22.3. The number of nitrogens with zero attached hydrogens (tertiary/aromatic N) is 4. The SMILES string of the molecule is CN(C)CCCCN1CCN(N=Cc2ccc(-c3ccc(Cl)cc3)o2)C1=O.Cl. The van der Waals surface area contributed by atoms with Crippen molar-refractivity contribution in [2.24, 2.45) is 5.10 Å². The average molecular weight is 425 g/mol. The highest BCUT2D eigenvalue weighted by Gasteiger charge is 2.27. The van der Waals surface area contributed by atoms with Crippen LogP contribution in [-0.2, 0) is 0 Å². The van der Waals surface area contributed by atoms with Crippen LogP contribution >= 0.6 is 24.0 Å². The third-order valence-electron chi connectivity index (χ3n) is 4.44. The third-order valence-corrected chi connectivity index (χ3v) is 4.69. The molecule has 0 saturated carbocycles. The van der Waals surface area contributed by atoms with Crippen LogP contribution in [0.25, 0.3) is 11.3 Å². The Kier molecular flexibility index (Phi) is 8.35. The van der Waals surface area contributed by atoms with E-state index in [1.54, 1.807) is 6.21 Å². The van der Waals surface area contributed by atoms with Crippen molar-refractivity contribution in [1.29, 1.82) is 0 Å². The van der Waals surface area contributed by atoms with E-state index in [1.165, 1.54) is 5.01 Å². The Morgan fingerprint density at radius 1 is 1.14 bits per heavy atom. The molecule has 152 valence electrons. The number of hydrogen-bond donors (Lipinski definition) is 0. The van der Waals surface area contributed by atoms with Crippen LogP contribution in [0.1, 0.15) is 18.6 Å². The van der Waals surface area contributed by atoms with E-state index in [0.29, 0.717) is 23.9 Å². The third kappa shape index (κ3) is 5.99. The second kappa shape index (κ2) is 10.5. The topological polar surface area (TPSA) is 52.3 Å². The summed E-state index contributed by atoms with van der Waals surface area (Å²) >= 11 is 5.91. The molecule has 2 aromatic rings. The number of unbranched alkanes of at least 4 members (excludes halogenated alkanes) is 1. The van der Waals surface area contributed by atoms with Gasteiger partial charge in [-0.25, -0.2) is 9.80 Å². The number of hydrogen-bond acceptors (Lipinski definition) is 4. The van der Waals surface area contributed by atoms with Gasteiger partial charge in [-0.15, -0.1) is 12.4 Å². The molecule has 3 rings (SSSR count). The summed E-state index contributed by atoms with van der Waals surface area (Å²) in [7, 11) is 4.12. The van der Waals surface area contributed by atoms with E-state index in [1.807, 2.05) is 41.3 Å². The molecule has 1 aromatic heterocycles. The van der Waals surface area contributed by atoms with Gasteiger partial charge in [0.15, 0.2) is 0 Å². The second-order valence-electron chi connectivity index (χ2n) is 6.86. The fourth-order valence-electron chi connectivity index (χ4n) is 2.93. The van der Waals surface area contributed by atoms with Crippen molar-refractivity contribution < 1.29 is 9.21 Å². The van der Waals surface area contributed by atoms with Gasteiger partial charge >= 0.3 is 6.03 Å². The molecule has 2 heterocycles. The number of hydrazone groups is 1. The summed E-state index contributed by atoms with van der Waals surface area (Å²) in [5.41, 5.74) is 0.945. The van der Waals surface area contributed by atoms with Crippen LogP contribution in [0.4, 0.5) is 4.79 Å². The standard InChI is InChI=1S/C20H25ClN4O2.ClH/c1-23(2)11-3-4-12-24-13-14-25(20(24)26)22-15-18-9-10-19(27-18)16-5-7-17(21)8-6-16;/h5-10,15H,3-4,11-14H2,1-2H3;1H. The van der Waals surface area contributed by atoms with Crippen molar-refractivity contribution in [3.8, 4) is 11.3 Å². The lowest BCUT2D eigenvalue weighted by molar-refractivity contribution is 0.192. The summed E-state index contributed by atoms with van der Waals surface area (Å²) in [4.78, 5) is 16.4. The van der Waals surface area contributed by atoms with Crippen LogP contribution in [0, 0.1) is 0 Å². The van der Waals surface area contributed by atoms with Gasteiger partial charge in [-0.2, -0.15) is 5.10 Å². The molecule has 1 aliphatic heterocycles. The molecule has 1 aliphatic rings. The van der Waals surface area contributed by atoms with Crippen molar-refractivity contribution in [2.45, 2.75) is 12.8 Å². The number of carbonyl (C=O) groups excluding carboxylic acids is 1. The zero-order valence-corrected chi connectivity index (χ0v) is 17.7. The molecule has 2 amide bonds. The van der Waals surface area contributed by atoms with Gasteiger partial charge in [0.1, 0.15) is 11.5 Å². The Morgan fingerprint density at radius 3 is 2.61 bits per heavy atom. The number of urea groups is 1. The summed E-state index contributed by atoms with van der Waals surface area (Å²) in [6.07, 6.45) is 3.68. The molecule has 0 unspecified atom stereocenters. The molecule has 0 N–H and O–H groups in total. The molecule has 8 heteroatoms. The number of furan rings is 1. The first-order valence-electron chi connectivity index (χ1n) is 9.14. The molecule has 0 radical (unpaired) electrons. The minimum absolute atomic E-state index is 0. The Bertz CT molecular complexity index is 790. The highest BCUT2D eigenvalue weighted by molar-refractivity contribution is 6.30. The van der Waals surface area contributed by atoms with E-state index in [9.17, 15) is 4.79 Å². The average Bonchev–Trinajstić information content (AvgIpc) is 3.25. The fourth-order valence-corrected chi connectivity index (χ4v) is 3.06. The lowest BCUT2D eigenvalue weighted by atomic mass is 10.2. The molecule has 1 fully saturated rings. The number of benzene rings is 1. The molecule has 28 heavy (non-hydrogen) atoms. The minimum Gasteiger partial charge on any atom is -0.455 e. The van der Waals surface area contributed by atoms with Crippen molar-refractivity contribution in [3.05, 3.63) is 47.2 Å². The normalized spacial score (nSPS) is 14.4. The van der Waals surface area contributed by atoms with Gasteiger partial charge in [0, 0.05) is 23.7 Å². The number of rotatable bonds is 8. The Labute approximate surface area is 177 Å². The van der Waals surface area contributed by atoms with Gasteiger partial charge in [-0.05, 0) is 69.9 Å². The molecule has 0 bridgehead atoms. The van der Waals surface area contributed by atoms with Crippen LogP contribution in [0.2, 0.25) is 5.02 Å². The van der Waals surface area contributed by atoms with Gasteiger partial charge in [-0.3, -0.25) is 0 Å². The van der Waals surface area contributed by atoms with E-state index in [2.05, 4.69) is 24.1 Å². The second-order valence-corrected chi connectivity index (χ2v) is 7.29. The number of halogens is 2. The summed E-state index contributed by atoms with van der Waals surface area (Å²) in [5, 5.41) is 6.48. The predicted octanol–water partition coefficient (Wildman–Crippen LogP) is 4.44. The molecule has 0 atom stereocenters. The van der Waals surface area contributed by atoms with E-state index >= 15 is 0 Å². The minimum atomic E-state index is -0.0411. The lowest BCUT2D eigenvalue weighted by Crippen LogP contribution is -2.30. The quantitative estimate of drug-likeness (QED) is 0.464. The first-order valence-corrected chi connectivity index (χ1v) is 9.51. The first-order chi connectivity index (χ1) is 13.0. The van der Waals surface area contributed by atoms with Gasteiger partial charge in [-0.1, -0.05) is 11.6 Å². The molecule has 6 nitrogen and oxygen atoms in total. The highest BCUT2D eigenvalue weighted by Crippen LogP contribution is 2.23. The van der Waals surface area contributed by atoms with E-state index in [0.717, 1.165) is 37.3 Å². The number of carbonyl (C=O) groups is 1. The molecule has 1 aromatic carbocycles. The fraction of sp³-hybridized carbons (Fsp3) is 0.400. The maximum absolute atomic E-state index is 12.4. The van der Waals surface area contributed by atoms with Gasteiger partial charge < -0.3 is 14.2 Å². The Hall–Kier alpha value is -2.02. The van der Waals surface area contributed by atoms with Crippen molar-refractivity contribution in [1.82, 2.24) is 14.8 Å². The highest BCUT2D eigenvalue weighted by atomic mass is 35.5. The molecule has 1 saturated heterocycles. The largest absolute Gasteiger partial charge is 0.455 e. The van der Waals surface area contributed by atoms with Gasteiger partial charge in [0.05, 0.1) is 12.8 Å². The zero-order valence-electron chi connectivity index (χ0n) is 16.2. The molecular weight excluding hydrogens is 399 g/mol. The van der Waals surface area contributed by atoms with Crippen LogP contribution in [0.3, 0.4) is 0 Å². The van der Waals surface area contributed by atoms with Crippen LogP contribution in [0.15, 0.2) is 45.9 Å². The van der Waals surface area contributed by atoms with E-state index in [-0.39, 0.29) is 18.4 Å². The van der Waals surface area contributed by atoms with Crippen molar-refractivity contribution in [2.75, 3.05) is 40.3 Å². The van der Waals surface area contributed by atoms with Gasteiger partial charge in [0.25, 0.3) is 0 Å². The lowest BCUT2D eigenvalue weighted by Gasteiger charge is -2.16. The van der Waals surface area contributed by atoms with Crippen LogP contribution in [0.5, 0.6) is 0 Å². The molecule has 0 spiro atoms. The monoisotopic (exact) mass is 424 g/mol. The zero-order chi connectivity index (χ0) is 19.2. The van der Waals surface area contributed by atoms with Crippen LogP contribution < -0.4 is 0 Å². The van der Waals surface area contributed by atoms with Crippen LogP contribution in [-0.4, -0.2) is 67.3 Å². The summed E-state index contributed by atoms with van der Waals surface area (Å²) in [5.74, 6) is 1.35. The van der Waals surface area contributed by atoms with E-state index in [4.69, 9.17) is 16.0 Å². The van der Waals surface area contributed by atoms with Crippen molar-refractivity contribution >= 4 is 36.3 Å². The molecule has 0 aliphatic carbocycles. The predicted molar refractivity (Wildman–Crippen MR) is 115 cm³/mol. The maximum Gasteiger partial charge on any atom is 0.340 e. The van der Waals surface area contributed by atoms with E-state index < -0.39 is 0 Å². The Morgan fingerprint density at radius 2 is 1.89 bits per heavy atom. The molecular formula is C20H26Cl2N4O2. The van der Waals surface area contributed by atoms with Gasteiger partial charge in [0.2, 0.25) is 0 Å². The summed E-state index contributed by atoms with van der Waals surface area (Å²) in [6.45, 7) is 3.14. The smallest absolute Gasteiger partial charge is 0.340 e. The summed E-state index contributed by atoms with van der Waals surface area (Å²) in [6, 6.07) is 11.1. The Balaban J connectivity index is 0.00000280. The number of amides is 2. The maximum atomic E-state index is 12.4.